The minimum absolute atomic E-state index is 0.118. The lowest BCUT2D eigenvalue weighted by Crippen LogP contribution is -2.60. The topological polar surface area (TPSA) is 151 Å². The second kappa shape index (κ2) is 15.4. The number of hydrogen-bond donors (Lipinski definition) is 2. The second-order valence-corrected chi connectivity index (χ2v) is 13.4. The smallest absolute Gasteiger partial charge is 0.410 e. The number of unbranched alkanes of at least 4 members (excludes halogenated alkanes) is 1. The van der Waals surface area contributed by atoms with E-state index in [0.717, 1.165) is 24.1 Å². The largest absolute Gasteiger partial charge is 0.458 e. The number of nitrogen functional groups attached to an aromatic ring is 1. The number of carbonyl (C=O) groups is 3. The van der Waals surface area contributed by atoms with E-state index in [-0.39, 0.29) is 29.8 Å². The Hall–Kier alpha value is -3.51. The monoisotopic (exact) mass is 640 g/mol. The molecule has 12 nitrogen and oxygen atoms in total. The fourth-order valence-electron chi connectivity index (χ4n) is 7.00. The van der Waals surface area contributed by atoms with Gasteiger partial charge in [0.15, 0.2) is 5.60 Å². The number of anilines is 1. The molecule has 4 rings (SSSR count). The number of Topliss-reactive ketones (excluding diaryl/α,β-unsaturated/α-hetero) is 1. The van der Waals surface area contributed by atoms with E-state index in [2.05, 4.69) is 22.6 Å². The number of ether oxygens (including phenoxy) is 3. The van der Waals surface area contributed by atoms with Crippen LogP contribution >= 0.6 is 0 Å². The van der Waals surface area contributed by atoms with Crippen molar-refractivity contribution in [1.29, 1.82) is 0 Å². The van der Waals surface area contributed by atoms with Crippen LogP contribution in [0.3, 0.4) is 0 Å². The SMILES string of the molecule is CC[C@H]1OC(=O)[C@H](C)C(=O)[C@H](C)C[C@H](OC)C[C@@H](C)CN[C@H](C)[C@H]2N(CCCCn3cc(-c4cccc(N)c4)nn3)C(=O)O[C@]12C. The maximum absolute atomic E-state index is 13.5. The van der Waals surface area contributed by atoms with E-state index in [1.165, 1.54) is 0 Å². The lowest BCUT2D eigenvalue weighted by Gasteiger charge is -2.40. The molecule has 0 bridgehead atoms. The van der Waals surface area contributed by atoms with Crippen molar-refractivity contribution in [2.75, 3.05) is 25.9 Å². The van der Waals surface area contributed by atoms with Gasteiger partial charge in [0.05, 0.1) is 18.3 Å². The van der Waals surface area contributed by atoms with E-state index >= 15 is 0 Å². The van der Waals surface area contributed by atoms with Crippen LogP contribution in [0.1, 0.15) is 73.6 Å². The number of nitrogens with zero attached hydrogens (tertiary/aromatic N) is 4. The molecule has 2 saturated heterocycles. The molecule has 0 spiro atoms. The zero-order valence-electron chi connectivity index (χ0n) is 28.4. The summed E-state index contributed by atoms with van der Waals surface area (Å²) in [6.45, 7) is 13.2. The first-order chi connectivity index (χ1) is 21.9. The molecule has 1 aromatic carbocycles. The lowest BCUT2D eigenvalue weighted by atomic mass is 9.84. The molecule has 0 radical (unpaired) electrons. The third-order valence-electron chi connectivity index (χ3n) is 9.63. The summed E-state index contributed by atoms with van der Waals surface area (Å²) in [6.07, 6.45) is 3.78. The summed E-state index contributed by atoms with van der Waals surface area (Å²) in [5.74, 6) is -1.82. The minimum atomic E-state index is -1.13. The number of amides is 1. The van der Waals surface area contributed by atoms with Gasteiger partial charge in [-0.05, 0) is 77.5 Å². The Labute approximate surface area is 272 Å². The Bertz CT molecular complexity index is 1350. The first kappa shape index (κ1) is 35.3. The Morgan fingerprint density at radius 1 is 1.11 bits per heavy atom. The molecule has 12 heteroatoms. The molecule has 2 aliphatic rings. The van der Waals surface area contributed by atoms with Crippen molar-refractivity contribution in [1.82, 2.24) is 25.2 Å². The average molecular weight is 641 g/mol. The Morgan fingerprint density at radius 2 is 1.85 bits per heavy atom. The van der Waals surface area contributed by atoms with Crippen LogP contribution in [0.4, 0.5) is 10.5 Å². The highest BCUT2D eigenvalue weighted by molar-refractivity contribution is 5.99. The molecule has 0 aliphatic carbocycles. The number of nitrogens with one attached hydrogen (secondary N) is 1. The Balaban J connectivity index is 1.51. The van der Waals surface area contributed by atoms with Gasteiger partial charge in [0.25, 0.3) is 0 Å². The number of ketones is 1. The molecule has 3 heterocycles. The standard InChI is InChI=1S/C34H52N6O6/c1-8-29-34(6)31(24(5)36-19-21(2)16-27(44-7)17-22(3)30(41)23(4)32(42)45-29)40(33(43)46-34)15-10-9-14-39-20-28(37-38-39)25-12-11-13-26(35)18-25/h11-13,18,20-24,27,29,31,36H,8-10,14-17,19,35H2,1-7H3/t21-,22-,23-,24-,27-,29-,31-,34-/m1/s1. The number of rotatable bonds is 8. The summed E-state index contributed by atoms with van der Waals surface area (Å²) in [4.78, 5) is 41.9. The van der Waals surface area contributed by atoms with Crippen LogP contribution in [0.5, 0.6) is 0 Å². The molecule has 0 saturated carbocycles. The molecule has 1 aromatic heterocycles. The minimum Gasteiger partial charge on any atom is -0.458 e. The van der Waals surface area contributed by atoms with E-state index in [1.807, 2.05) is 58.2 Å². The number of aryl methyl sites for hydroxylation is 1. The number of cyclic esters (lactones) is 1. The summed E-state index contributed by atoms with van der Waals surface area (Å²) in [7, 11) is 1.66. The van der Waals surface area contributed by atoms with Gasteiger partial charge < -0.3 is 25.3 Å². The van der Waals surface area contributed by atoms with Crippen LogP contribution in [0.2, 0.25) is 0 Å². The fraction of sp³-hybridized carbons (Fsp3) is 0.676. The molecule has 0 unspecified atom stereocenters. The molecular weight excluding hydrogens is 588 g/mol. The summed E-state index contributed by atoms with van der Waals surface area (Å²) in [5, 5.41) is 12.2. The fourth-order valence-corrected chi connectivity index (χ4v) is 7.00. The zero-order valence-corrected chi connectivity index (χ0v) is 28.4. The van der Waals surface area contributed by atoms with Crippen molar-refractivity contribution in [2.24, 2.45) is 17.8 Å². The highest BCUT2D eigenvalue weighted by Gasteiger charge is 2.58. The van der Waals surface area contributed by atoms with Crippen LogP contribution in [-0.4, -0.2) is 87.8 Å². The van der Waals surface area contributed by atoms with Gasteiger partial charge in [-0.25, -0.2) is 4.79 Å². The summed E-state index contributed by atoms with van der Waals surface area (Å²) in [6, 6.07) is 6.93. The Morgan fingerprint density at radius 3 is 2.54 bits per heavy atom. The van der Waals surface area contributed by atoms with Crippen LogP contribution in [0, 0.1) is 17.8 Å². The Kier molecular flexibility index (Phi) is 11.8. The van der Waals surface area contributed by atoms with Gasteiger partial charge in [0.2, 0.25) is 0 Å². The van der Waals surface area contributed by atoms with Gasteiger partial charge in [-0.1, -0.05) is 38.1 Å². The number of nitrogens with two attached hydrogens (primary N) is 1. The summed E-state index contributed by atoms with van der Waals surface area (Å²) in [5.41, 5.74) is 7.11. The van der Waals surface area contributed by atoms with E-state index in [0.29, 0.717) is 44.6 Å². The van der Waals surface area contributed by atoms with Crippen LogP contribution < -0.4 is 11.1 Å². The maximum atomic E-state index is 13.5. The van der Waals surface area contributed by atoms with Gasteiger partial charge in [-0.3, -0.25) is 19.2 Å². The molecule has 254 valence electrons. The van der Waals surface area contributed by atoms with Gasteiger partial charge >= 0.3 is 12.1 Å². The van der Waals surface area contributed by atoms with Crippen molar-refractivity contribution >= 4 is 23.5 Å². The van der Waals surface area contributed by atoms with Crippen molar-refractivity contribution < 1.29 is 28.6 Å². The predicted octanol–water partition coefficient (Wildman–Crippen LogP) is 4.47. The molecule has 2 fully saturated rings. The average Bonchev–Trinajstić information content (AvgIpc) is 3.60. The quantitative estimate of drug-likeness (QED) is 0.183. The molecule has 3 N–H and O–H groups in total. The number of esters is 1. The predicted molar refractivity (Wildman–Crippen MR) is 175 cm³/mol. The number of carbonyl (C=O) groups excluding carboxylic acids is 3. The summed E-state index contributed by atoms with van der Waals surface area (Å²) >= 11 is 0. The molecule has 46 heavy (non-hydrogen) atoms. The number of benzene rings is 1. The molecule has 2 aliphatic heterocycles. The molecular formula is C34H52N6O6. The number of methoxy groups -OCH3 is 1. The number of fused-ring (bicyclic) bond motifs is 1. The van der Waals surface area contributed by atoms with Crippen molar-refractivity contribution in [3.63, 3.8) is 0 Å². The second-order valence-electron chi connectivity index (χ2n) is 13.4. The number of aromatic nitrogens is 3. The van der Waals surface area contributed by atoms with Gasteiger partial charge in [-0.2, -0.15) is 0 Å². The summed E-state index contributed by atoms with van der Waals surface area (Å²) < 4.78 is 19.7. The first-order valence-electron chi connectivity index (χ1n) is 16.6. The number of hydrogen-bond acceptors (Lipinski definition) is 10. The van der Waals surface area contributed by atoms with E-state index in [1.54, 1.807) is 23.6 Å². The third-order valence-corrected chi connectivity index (χ3v) is 9.63. The third kappa shape index (κ3) is 8.06. The van der Waals surface area contributed by atoms with Gasteiger partial charge in [0, 0.05) is 43.4 Å². The van der Waals surface area contributed by atoms with Crippen molar-refractivity contribution in [2.45, 2.75) is 110 Å². The highest BCUT2D eigenvalue weighted by atomic mass is 16.6. The normalized spacial score (nSPS) is 31.5. The molecule has 8 atom stereocenters. The van der Waals surface area contributed by atoms with Gasteiger partial charge in [-0.15, -0.1) is 5.10 Å². The lowest BCUT2D eigenvalue weighted by molar-refractivity contribution is -0.170. The first-order valence-corrected chi connectivity index (χ1v) is 16.6. The van der Waals surface area contributed by atoms with E-state index < -0.39 is 35.7 Å². The molecule has 1 amide bonds. The van der Waals surface area contributed by atoms with Crippen molar-refractivity contribution in [3.8, 4) is 11.3 Å². The van der Waals surface area contributed by atoms with E-state index in [4.69, 9.17) is 19.9 Å². The van der Waals surface area contributed by atoms with Crippen LogP contribution in [-0.2, 0) is 30.3 Å². The molecule has 2 aromatic rings. The maximum Gasteiger partial charge on any atom is 0.410 e. The van der Waals surface area contributed by atoms with Crippen molar-refractivity contribution in [3.05, 3.63) is 30.5 Å². The van der Waals surface area contributed by atoms with E-state index in [9.17, 15) is 14.4 Å². The van der Waals surface area contributed by atoms with Crippen LogP contribution in [0.25, 0.3) is 11.3 Å². The van der Waals surface area contributed by atoms with Gasteiger partial charge in [0.1, 0.15) is 23.5 Å². The highest BCUT2D eigenvalue weighted by Crippen LogP contribution is 2.38. The van der Waals surface area contributed by atoms with Crippen LogP contribution in [0.15, 0.2) is 30.5 Å². The zero-order chi connectivity index (χ0) is 33.6.